The number of hydrogen-bond donors (Lipinski definition) is 0. The van der Waals surface area contributed by atoms with Crippen LogP contribution >= 0.6 is 11.3 Å². The summed E-state index contributed by atoms with van der Waals surface area (Å²) in [4.78, 5) is 32.7. The zero-order valence-electron chi connectivity index (χ0n) is 15.7. The lowest BCUT2D eigenvalue weighted by Crippen LogP contribution is -2.48. The van der Waals surface area contributed by atoms with E-state index in [4.69, 9.17) is 15.9 Å². The number of aromatic nitrogens is 1. The molecule has 2 aliphatic heterocycles. The van der Waals surface area contributed by atoms with Crippen molar-refractivity contribution in [2.75, 3.05) is 32.8 Å². The van der Waals surface area contributed by atoms with Crippen molar-refractivity contribution in [1.82, 2.24) is 14.8 Å². The molecule has 2 amide bonds. The Bertz CT molecular complexity index is 711. The fraction of sp³-hybridized carbons (Fsp3) is 0.632. The van der Waals surface area contributed by atoms with Crippen molar-refractivity contribution in [2.24, 2.45) is 0 Å². The van der Waals surface area contributed by atoms with Crippen molar-refractivity contribution in [3.8, 4) is 12.3 Å². The largest absolute Gasteiger partial charge is 0.436 e. The molecule has 0 spiro atoms. The van der Waals surface area contributed by atoms with E-state index < -0.39 is 0 Å². The molecule has 0 radical (unpaired) electrons. The van der Waals surface area contributed by atoms with Crippen molar-refractivity contribution in [3.63, 3.8) is 0 Å². The van der Waals surface area contributed by atoms with E-state index in [9.17, 15) is 9.59 Å². The van der Waals surface area contributed by atoms with E-state index in [1.807, 2.05) is 24.1 Å². The number of ether oxygens (including phenoxy) is 2. The number of piperidine rings is 1. The first-order valence-corrected chi connectivity index (χ1v) is 10.1. The maximum Gasteiger partial charge on any atom is 0.410 e. The van der Waals surface area contributed by atoms with Crippen molar-refractivity contribution < 1.29 is 19.1 Å². The molecule has 7 nitrogen and oxygen atoms in total. The minimum absolute atomic E-state index is 0.00448. The van der Waals surface area contributed by atoms with Gasteiger partial charge in [0, 0.05) is 37.5 Å². The molecule has 2 atom stereocenters. The van der Waals surface area contributed by atoms with Gasteiger partial charge in [-0.1, -0.05) is 5.92 Å². The van der Waals surface area contributed by atoms with Gasteiger partial charge in [0.15, 0.2) is 6.61 Å². The Labute approximate surface area is 163 Å². The minimum Gasteiger partial charge on any atom is -0.436 e. The van der Waals surface area contributed by atoms with Gasteiger partial charge in [0.1, 0.15) is 5.69 Å². The average molecular weight is 391 g/mol. The van der Waals surface area contributed by atoms with Crippen LogP contribution in [0.1, 0.15) is 48.1 Å². The van der Waals surface area contributed by atoms with E-state index in [2.05, 4.69) is 10.9 Å². The molecule has 2 aliphatic rings. The molecular weight excluding hydrogens is 366 g/mol. The van der Waals surface area contributed by atoms with Crippen molar-refractivity contribution in [1.29, 1.82) is 0 Å². The average Bonchev–Trinajstić information content (AvgIpc) is 3.15. The van der Waals surface area contributed by atoms with Crippen LogP contribution in [0.4, 0.5) is 4.79 Å². The summed E-state index contributed by atoms with van der Waals surface area (Å²) in [6.07, 6.45) is 6.43. The maximum atomic E-state index is 12.8. The normalized spacial score (nSPS) is 23.7. The molecule has 146 valence electrons. The highest BCUT2D eigenvalue weighted by molar-refractivity contribution is 7.09. The van der Waals surface area contributed by atoms with Gasteiger partial charge < -0.3 is 19.3 Å². The summed E-state index contributed by atoms with van der Waals surface area (Å²) in [5, 5.41) is 2.81. The second-order valence-corrected chi connectivity index (χ2v) is 7.95. The van der Waals surface area contributed by atoms with Crippen LogP contribution < -0.4 is 0 Å². The Hall–Kier alpha value is -2.11. The SMILES string of the molecule is C#CCOC(=O)N1CCC(c2nc(C(=O)N3CC(C)OC(C)C3)cs2)CC1. The fourth-order valence-corrected chi connectivity index (χ4v) is 4.55. The number of carbonyl (C=O) groups excluding carboxylic acids is 2. The third-order valence-corrected chi connectivity index (χ3v) is 5.84. The number of amides is 2. The zero-order chi connectivity index (χ0) is 19.4. The Balaban J connectivity index is 1.56. The topological polar surface area (TPSA) is 72.0 Å². The Kier molecular flexibility index (Phi) is 6.34. The number of morpholine rings is 1. The van der Waals surface area contributed by atoms with Gasteiger partial charge in [0.05, 0.1) is 17.2 Å². The molecule has 3 heterocycles. The van der Waals surface area contributed by atoms with Gasteiger partial charge in [-0.15, -0.1) is 17.8 Å². The van der Waals surface area contributed by atoms with Crippen LogP contribution in [0, 0.1) is 12.3 Å². The van der Waals surface area contributed by atoms with Gasteiger partial charge in [-0.25, -0.2) is 9.78 Å². The molecule has 2 fully saturated rings. The van der Waals surface area contributed by atoms with E-state index in [1.54, 1.807) is 4.90 Å². The third-order valence-electron chi connectivity index (χ3n) is 4.83. The summed E-state index contributed by atoms with van der Waals surface area (Å²) >= 11 is 1.52. The molecule has 3 rings (SSSR count). The van der Waals surface area contributed by atoms with E-state index >= 15 is 0 Å². The number of carbonyl (C=O) groups is 2. The Morgan fingerprint density at radius 2 is 1.96 bits per heavy atom. The molecule has 2 saturated heterocycles. The molecule has 0 saturated carbocycles. The van der Waals surface area contributed by atoms with E-state index in [-0.39, 0.29) is 36.7 Å². The van der Waals surface area contributed by atoms with Crippen LogP contribution in [0.25, 0.3) is 0 Å². The maximum absolute atomic E-state index is 12.8. The number of likely N-dealkylation sites (tertiary alicyclic amines) is 1. The van der Waals surface area contributed by atoms with Crippen LogP contribution in [0.5, 0.6) is 0 Å². The number of terminal acetylenes is 1. The highest BCUT2D eigenvalue weighted by Crippen LogP contribution is 2.31. The lowest BCUT2D eigenvalue weighted by atomic mass is 9.98. The highest BCUT2D eigenvalue weighted by atomic mass is 32.1. The fourth-order valence-electron chi connectivity index (χ4n) is 3.58. The van der Waals surface area contributed by atoms with Crippen LogP contribution in [0.3, 0.4) is 0 Å². The van der Waals surface area contributed by atoms with Crippen molar-refractivity contribution in [2.45, 2.75) is 44.8 Å². The highest BCUT2D eigenvalue weighted by Gasteiger charge is 2.30. The molecule has 1 aromatic rings. The van der Waals surface area contributed by atoms with Crippen molar-refractivity contribution >= 4 is 23.3 Å². The first-order chi connectivity index (χ1) is 13.0. The number of rotatable bonds is 3. The number of hydrogen-bond acceptors (Lipinski definition) is 6. The van der Waals surface area contributed by atoms with Crippen LogP contribution in [0.2, 0.25) is 0 Å². The smallest absolute Gasteiger partial charge is 0.410 e. The van der Waals surface area contributed by atoms with E-state index in [0.29, 0.717) is 31.9 Å². The molecule has 0 N–H and O–H groups in total. The standard InChI is InChI=1S/C19H25N3O4S/c1-4-9-25-19(24)21-7-5-15(6-8-21)17-20-16(12-27-17)18(23)22-10-13(2)26-14(3)11-22/h1,12-15H,5-11H2,2-3H3. The zero-order valence-corrected chi connectivity index (χ0v) is 16.5. The minimum atomic E-state index is -0.364. The van der Waals surface area contributed by atoms with Crippen molar-refractivity contribution in [3.05, 3.63) is 16.1 Å². The second kappa shape index (κ2) is 8.72. The van der Waals surface area contributed by atoms with E-state index in [0.717, 1.165) is 17.8 Å². The summed E-state index contributed by atoms with van der Waals surface area (Å²) in [6, 6.07) is 0. The number of nitrogens with zero attached hydrogens (tertiary/aromatic N) is 3. The molecule has 2 unspecified atom stereocenters. The number of thiazole rings is 1. The predicted molar refractivity (Wildman–Crippen MR) is 102 cm³/mol. The van der Waals surface area contributed by atoms with Crippen LogP contribution in [-0.4, -0.2) is 71.8 Å². The summed E-state index contributed by atoms with van der Waals surface area (Å²) in [6.45, 7) is 6.35. The lowest BCUT2D eigenvalue weighted by Gasteiger charge is -2.34. The molecule has 0 bridgehead atoms. The predicted octanol–water partition coefficient (Wildman–Crippen LogP) is 2.34. The van der Waals surface area contributed by atoms with Gasteiger partial charge in [-0.2, -0.15) is 0 Å². The van der Waals surface area contributed by atoms with Gasteiger partial charge in [-0.3, -0.25) is 4.79 Å². The summed E-state index contributed by atoms with van der Waals surface area (Å²) in [5.41, 5.74) is 0.507. The summed E-state index contributed by atoms with van der Waals surface area (Å²) < 4.78 is 10.7. The van der Waals surface area contributed by atoms with Crippen LogP contribution in [0.15, 0.2) is 5.38 Å². The van der Waals surface area contributed by atoms with Gasteiger partial charge in [0.2, 0.25) is 0 Å². The molecule has 8 heteroatoms. The molecular formula is C19H25N3O4S. The molecule has 0 aliphatic carbocycles. The Morgan fingerprint density at radius 3 is 2.59 bits per heavy atom. The summed E-state index contributed by atoms with van der Waals surface area (Å²) in [5.74, 6) is 2.52. The van der Waals surface area contributed by atoms with Gasteiger partial charge in [-0.05, 0) is 26.7 Å². The van der Waals surface area contributed by atoms with Gasteiger partial charge >= 0.3 is 6.09 Å². The quantitative estimate of drug-likeness (QED) is 0.740. The van der Waals surface area contributed by atoms with E-state index in [1.165, 1.54) is 11.3 Å². The summed E-state index contributed by atoms with van der Waals surface area (Å²) in [7, 11) is 0. The molecule has 1 aromatic heterocycles. The first kappa shape index (κ1) is 19.6. The third kappa shape index (κ3) is 4.79. The lowest BCUT2D eigenvalue weighted by molar-refractivity contribution is -0.0587. The molecule has 27 heavy (non-hydrogen) atoms. The van der Waals surface area contributed by atoms with Gasteiger partial charge in [0.25, 0.3) is 5.91 Å². The molecule has 0 aromatic carbocycles. The Morgan fingerprint density at radius 1 is 1.30 bits per heavy atom. The van der Waals surface area contributed by atoms with Crippen LogP contribution in [-0.2, 0) is 9.47 Å². The monoisotopic (exact) mass is 391 g/mol. The first-order valence-electron chi connectivity index (χ1n) is 9.23. The second-order valence-electron chi connectivity index (χ2n) is 7.06.